The topological polar surface area (TPSA) is 63.7 Å². The minimum atomic E-state index is -0.418. The van der Waals surface area contributed by atoms with E-state index in [9.17, 15) is 14.4 Å². The van der Waals surface area contributed by atoms with Gasteiger partial charge in [-0.1, -0.05) is 18.2 Å². The van der Waals surface area contributed by atoms with Crippen LogP contribution >= 0.6 is 11.3 Å². The Morgan fingerprint density at radius 3 is 2.23 bits per heavy atom. The molecule has 26 heavy (non-hydrogen) atoms. The van der Waals surface area contributed by atoms with Crippen LogP contribution in [0.5, 0.6) is 5.75 Å². The van der Waals surface area contributed by atoms with Crippen LogP contribution in [0.25, 0.3) is 0 Å². The standard InChI is InChI=1S/C20H15NO4S/c22-18-16-11-3-4-12(10-11)17(16)19(23)21(18)13-5-7-14(8-6-13)25-20(24)15-2-1-9-26-15/h1-9,11-12,16-17H,10H2/t11-,12-,16+,17+/m0/s1. The molecule has 5 nitrogen and oxygen atoms in total. The monoisotopic (exact) mass is 365 g/mol. The number of carbonyl (C=O) groups is 3. The van der Waals surface area contributed by atoms with Gasteiger partial charge in [0.1, 0.15) is 10.6 Å². The summed E-state index contributed by atoms with van der Waals surface area (Å²) in [4.78, 5) is 39.4. The van der Waals surface area contributed by atoms with Gasteiger partial charge in [0.2, 0.25) is 11.8 Å². The van der Waals surface area contributed by atoms with E-state index in [1.165, 1.54) is 16.2 Å². The van der Waals surface area contributed by atoms with E-state index in [1.807, 2.05) is 5.38 Å². The molecule has 0 unspecified atom stereocenters. The number of amides is 2. The SMILES string of the molecule is O=C(Oc1ccc(N2C(=O)[C@H]3[C@H](C2=O)[C@H]2C=C[C@H]3C2)cc1)c1cccs1. The molecule has 1 aromatic heterocycles. The van der Waals surface area contributed by atoms with E-state index in [4.69, 9.17) is 4.74 Å². The molecule has 1 saturated heterocycles. The third-order valence-electron chi connectivity index (χ3n) is 5.50. The van der Waals surface area contributed by atoms with E-state index in [0.717, 1.165) is 6.42 Å². The van der Waals surface area contributed by atoms with Gasteiger partial charge in [0, 0.05) is 0 Å². The van der Waals surface area contributed by atoms with Crippen LogP contribution in [0.3, 0.4) is 0 Å². The van der Waals surface area contributed by atoms with Gasteiger partial charge in [-0.25, -0.2) is 4.79 Å². The Bertz CT molecular complexity index is 901. The maximum atomic E-state index is 12.8. The van der Waals surface area contributed by atoms with Crippen molar-refractivity contribution in [3.63, 3.8) is 0 Å². The molecule has 4 atom stereocenters. The lowest BCUT2D eigenvalue weighted by Gasteiger charge is -2.17. The number of fused-ring (bicyclic) bond motifs is 5. The molecule has 2 amide bonds. The molecular formula is C20H15NO4S. The number of thiophene rings is 1. The molecule has 0 radical (unpaired) electrons. The highest BCUT2D eigenvalue weighted by Gasteiger charge is 2.59. The van der Waals surface area contributed by atoms with Crippen molar-refractivity contribution in [3.05, 3.63) is 58.8 Å². The number of carbonyl (C=O) groups excluding carboxylic acids is 3. The van der Waals surface area contributed by atoms with Gasteiger partial charge in [-0.3, -0.25) is 14.5 Å². The number of imide groups is 1. The van der Waals surface area contributed by atoms with Crippen LogP contribution in [0.15, 0.2) is 53.9 Å². The van der Waals surface area contributed by atoms with E-state index >= 15 is 0 Å². The summed E-state index contributed by atoms with van der Waals surface area (Å²) < 4.78 is 5.32. The molecular weight excluding hydrogens is 350 g/mol. The van der Waals surface area contributed by atoms with E-state index < -0.39 is 5.97 Å². The molecule has 130 valence electrons. The van der Waals surface area contributed by atoms with Crippen LogP contribution in [0.4, 0.5) is 5.69 Å². The van der Waals surface area contributed by atoms with Crippen LogP contribution in [0.1, 0.15) is 16.1 Å². The largest absolute Gasteiger partial charge is 0.422 e. The van der Waals surface area contributed by atoms with E-state index in [2.05, 4.69) is 12.2 Å². The summed E-state index contributed by atoms with van der Waals surface area (Å²) in [5.74, 6) is -0.301. The van der Waals surface area contributed by atoms with Crippen LogP contribution in [-0.4, -0.2) is 17.8 Å². The van der Waals surface area contributed by atoms with Gasteiger partial charge in [-0.15, -0.1) is 11.3 Å². The van der Waals surface area contributed by atoms with E-state index in [1.54, 1.807) is 36.4 Å². The predicted octanol–water partition coefficient (Wildman–Crippen LogP) is 3.28. The highest BCUT2D eigenvalue weighted by atomic mass is 32.1. The number of ether oxygens (including phenoxy) is 1. The molecule has 2 bridgehead atoms. The Morgan fingerprint density at radius 2 is 1.65 bits per heavy atom. The summed E-state index contributed by atoms with van der Waals surface area (Å²) in [6, 6.07) is 10.0. The highest BCUT2D eigenvalue weighted by Crippen LogP contribution is 2.53. The average molecular weight is 365 g/mol. The van der Waals surface area contributed by atoms with E-state index in [-0.39, 0.29) is 35.5 Å². The van der Waals surface area contributed by atoms with Crippen molar-refractivity contribution in [1.82, 2.24) is 0 Å². The average Bonchev–Trinajstić information content (AvgIpc) is 3.41. The quantitative estimate of drug-likeness (QED) is 0.362. The molecule has 1 aromatic carbocycles. The van der Waals surface area contributed by atoms with Gasteiger partial charge in [0.05, 0.1) is 17.5 Å². The maximum Gasteiger partial charge on any atom is 0.353 e. The number of esters is 1. The lowest BCUT2D eigenvalue weighted by Crippen LogP contribution is -2.32. The first-order valence-corrected chi connectivity index (χ1v) is 9.43. The van der Waals surface area contributed by atoms with Crippen LogP contribution in [0, 0.1) is 23.7 Å². The number of nitrogens with zero attached hydrogens (tertiary/aromatic N) is 1. The smallest absolute Gasteiger partial charge is 0.353 e. The fourth-order valence-corrected chi connectivity index (χ4v) is 4.97. The van der Waals surface area contributed by atoms with Crippen LogP contribution < -0.4 is 9.64 Å². The number of anilines is 1. The minimum absolute atomic E-state index is 0.111. The normalized spacial score (nSPS) is 28.7. The Hall–Kier alpha value is -2.73. The Kier molecular flexibility index (Phi) is 3.37. The summed E-state index contributed by atoms with van der Waals surface area (Å²) in [6.45, 7) is 0. The first-order valence-electron chi connectivity index (χ1n) is 8.55. The van der Waals surface area contributed by atoms with Crippen molar-refractivity contribution in [2.45, 2.75) is 6.42 Å². The molecule has 0 N–H and O–H groups in total. The summed E-state index contributed by atoms with van der Waals surface area (Å²) in [7, 11) is 0. The van der Waals surface area contributed by atoms with Crippen LogP contribution in [-0.2, 0) is 9.59 Å². The van der Waals surface area contributed by atoms with Crippen molar-refractivity contribution < 1.29 is 19.1 Å². The van der Waals surface area contributed by atoms with Gasteiger partial charge < -0.3 is 4.74 Å². The van der Waals surface area contributed by atoms with Crippen molar-refractivity contribution >= 4 is 34.8 Å². The van der Waals surface area contributed by atoms with Crippen molar-refractivity contribution in [3.8, 4) is 5.75 Å². The van der Waals surface area contributed by atoms with E-state index in [0.29, 0.717) is 16.3 Å². The number of allylic oxidation sites excluding steroid dienone is 2. The van der Waals surface area contributed by atoms with Gasteiger partial charge >= 0.3 is 5.97 Å². The van der Waals surface area contributed by atoms with Crippen LogP contribution in [0.2, 0.25) is 0 Å². The molecule has 5 rings (SSSR count). The number of benzene rings is 1. The maximum absolute atomic E-state index is 12.8. The third kappa shape index (κ3) is 2.18. The van der Waals surface area contributed by atoms with Crippen molar-refractivity contribution in [2.75, 3.05) is 4.90 Å². The first kappa shape index (κ1) is 15.5. The number of hydrogen-bond donors (Lipinski definition) is 0. The fourth-order valence-electron chi connectivity index (χ4n) is 4.37. The summed E-state index contributed by atoms with van der Waals surface area (Å²) >= 11 is 1.31. The van der Waals surface area contributed by atoms with Crippen molar-refractivity contribution in [1.29, 1.82) is 0 Å². The summed E-state index contributed by atoms with van der Waals surface area (Å²) in [5.41, 5.74) is 0.532. The second-order valence-electron chi connectivity index (χ2n) is 6.87. The van der Waals surface area contributed by atoms with Crippen molar-refractivity contribution in [2.24, 2.45) is 23.7 Å². The molecule has 2 fully saturated rings. The third-order valence-corrected chi connectivity index (χ3v) is 6.35. The fraction of sp³-hybridized carbons (Fsp3) is 0.250. The first-order chi connectivity index (χ1) is 12.6. The summed E-state index contributed by atoms with van der Waals surface area (Å²) in [5, 5.41) is 1.81. The molecule has 6 heteroatoms. The zero-order chi connectivity index (χ0) is 17.8. The highest BCUT2D eigenvalue weighted by molar-refractivity contribution is 7.12. The van der Waals surface area contributed by atoms with Gasteiger partial charge in [-0.05, 0) is 54.0 Å². The molecule has 1 aliphatic heterocycles. The molecule has 2 aliphatic carbocycles. The second-order valence-corrected chi connectivity index (χ2v) is 7.82. The molecule has 0 spiro atoms. The Labute approximate surface area is 153 Å². The second kappa shape index (κ2) is 5.64. The minimum Gasteiger partial charge on any atom is -0.422 e. The van der Waals surface area contributed by atoms with Gasteiger partial charge in [-0.2, -0.15) is 0 Å². The molecule has 1 saturated carbocycles. The summed E-state index contributed by atoms with van der Waals surface area (Å²) in [6.07, 6.45) is 5.07. The molecule has 3 aliphatic rings. The van der Waals surface area contributed by atoms with Gasteiger partial charge in [0.25, 0.3) is 0 Å². The number of rotatable bonds is 3. The lowest BCUT2D eigenvalue weighted by molar-refractivity contribution is -0.123. The Morgan fingerprint density at radius 1 is 1.00 bits per heavy atom. The zero-order valence-corrected chi connectivity index (χ0v) is 14.5. The predicted molar refractivity (Wildman–Crippen MR) is 95.9 cm³/mol. The lowest BCUT2D eigenvalue weighted by atomic mass is 9.85. The Balaban J connectivity index is 1.36. The number of hydrogen-bond acceptors (Lipinski definition) is 5. The zero-order valence-electron chi connectivity index (χ0n) is 13.7. The molecule has 2 aromatic rings. The van der Waals surface area contributed by atoms with Gasteiger partial charge in [0.15, 0.2) is 0 Å². The molecule has 2 heterocycles.